The number of benzene rings is 1. The molecule has 1 saturated heterocycles. The molecule has 2 aliphatic rings. The first kappa shape index (κ1) is 13.2. The molecule has 0 atom stereocenters. The van der Waals surface area contributed by atoms with Crippen molar-refractivity contribution in [2.45, 2.75) is 18.9 Å². The predicted molar refractivity (Wildman–Crippen MR) is 75.2 cm³/mol. The summed E-state index contributed by atoms with van der Waals surface area (Å²) in [6, 6.07) is 5.57. The number of rotatable bonds is 3. The van der Waals surface area contributed by atoms with Gasteiger partial charge in [-0.15, -0.1) is 0 Å². The lowest BCUT2D eigenvalue weighted by atomic mass is 10.1. The van der Waals surface area contributed by atoms with Crippen LogP contribution in [0.25, 0.3) is 0 Å². The summed E-state index contributed by atoms with van der Waals surface area (Å²) in [4.78, 5) is 16.7. The van der Waals surface area contributed by atoms with Crippen molar-refractivity contribution in [2.24, 2.45) is 0 Å². The summed E-state index contributed by atoms with van der Waals surface area (Å²) in [5.41, 5.74) is 0.517. The van der Waals surface area contributed by atoms with E-state index in [2.05, 4.69) is 4.90 Å². The minimum Gasteiger partial charge on any atom is -0.504 e. The second-order valence-electron chi connectivity index (χ2n) is 5.45. The summed E-state index contributed by atoms with van der Waals surface area (Å²) >= 11 is 0. The van der Waals surface area contributed by atoms with Crippen molar-refractivity contribution in [3.05, 3.63) is 23.8 Å². The van der Waals surface area contributed by atoms with Gasteiger partial charge in [0.25, 0.3) is 5.91 Å². The fraction of sp³-hybridized carbons (Fsp3) is 0.533. The van der Waals surface area contributed by atoms with Crippen LogP contribution in [0.2, 0.25) is 0 Å². The lowest BCUT2D eigenvalue weighted by molar-refractivity contribution is 0.0627. The first-order valence-corrected chi connectivity index (χ1v) is 7.09. The van der Waals surface area contributed by atoms with Crippen LogP contribution < -0.4 is 4.74 Å². The molecule has 2 fully saturated rings. The SMILES string of the molecule is COc1ccc(C(=O)N2CCN(C3CC3)CC2)cc1O. The van der Waals surface area contributed by atoms with Crippen LogP contribution >= 0.6 is 0 Å². The van der Waals surface area contributed by atoms with Crippen molar-refractivity contribution in [2.75, 3.05) is 33.3 Å². The summed E-state index contributed by atoms with van der Waals surface area (Å²) < 4.78 is 4.99. The Hall–Kier alpha value is -1.75. The normalized spacial score (nSPS) is 19.9. The second kappa shape index (κ2) is 5.32. The summed E-state index contributed by atoms with van der Waals surface area (Å²) in [6.07, 6.45) is 2.61. The summed E-state index contributed by atoms with van der Waals surface area (Å²) in [6.45, 7) is 3.45. The maximum Gasteiger partial charge on any atom is 0.254 e. The van der Waals surface area contributed by atoms with Gasteiger partial charge in [-0.1, -0.05) is 0 Å². The average molecular weight is 276 g/mol. The standard InChI is InChI=1S/C15H20N2O3/c1-20-14-5-2-11(10-13(14)18)15(19)17-8-6-16(7-9-17)12-3-4-12/h2,5,10,12,18H,3-4,6-9H2,1H3. The van der Waals surface area contributed by atoms with E-state index >= 15 is 0 Å². The van der Waals surface area contributed by atoms with E-state index in [1.807, 2.05) is 4.90 Å². The van der Waals surface area contributed by atoms with Gasteiger partial charge in [-0.2, -0.15) is 0 Å². The van der Waals surface area contributed by atoms with Gasteiger partial charge in [-0.3, -0.25) is 9.69 Å². The van der Waals surface area contributed by atoms with Crippen LogP contribution in [-0.2, 0) is 0 Å². The fourth-order valence-electron chi connectivity index (χ4n) is 2.74. The van der Waals surface area contributed by atoms with Gasteiger partial charge in [0.15, 0.2) is 11.5 Å². The molecule has 0 radical (unpaired) electrons. The monoisotopic (exact) mass is 276 g/mol. The predicted octanol–water partition coefficient (Wildman–Crippen LogP) is 1.32. The molecule has 1 aromatic rings. The third-order valence-corrected chi connectivity index (χ3v) is 4.09. The number of piperazine rings is 1. The zero-order valence-corrected chi connectivity index (χ0v) is 11.7. The molecule has 1 aromatic carbocycles. The Morgan fingerprint density at radius 1 is 1.25 bits per heavy atom. The Morgan fingerprint density at radius 2 is 1.95 bits per heavy atom. The van der Waals surface area contributed by atoms with Gasteiger partial charge in [-0.05, 0) is 31.0 Å². The number of carbonyl (C=O) groups is 1. The van der Waals surface area contributed by atoms with Gasteiger partial charge >= 0.3 is 0 Å². The topological polar surface area (TPSA) is 53.0 Å². The Balaban J connectivity index is 1.65. The number of phenolic OH excluding ortho intramolecular Hbond substituents is 1. The minimum absolute atomic E-state index is 0.00923. The first-order valence-electron chi connectivity index (χ1n) is 7.09. The number of hydrogen-bond donors (Lipinski definition) is 1. The molecule has 5 heteroatoms. The molecule has 0 unspecified atom stereocenters. The summed E-state index contributed by atoms with van der Waals surface area (Å²) in [5, 5.41) is 9.76. The third kappa shape index (κ3) is 2.58. The van der Waals surface area contributed by atoms with Crippen LogP contribution in [0.5, 0.6) is 11.5 Å². The molecule has 1 aliphatic heterocycles. The highest BCUT2D eigenvalue weighted by molar-refractivity contribution is 5.95. The van der Waals surface area contributed by atoms with E-state index in [1.54, 1.807) is 12.1 Å². The number of carbonyl (C=O) groups excluding carboxylic acids is 1. The molecule has 1 heterocycles. The van der Waals surface area contributed by atoms with Crippen molar-refractivity contribution < 1.29 is 14.6 Å². The van der Waals surface area contributed by atoms with Crippen LogP contribution in [-0.4, -0.2) is 60.1 Å². The van der Waals surface area contributed by atoms with Crippen molar-refractivity contribution >= 4 is 5.91 Å². The van der Waals surface area contributed by atoms with E-state index in [0.717, 1.165) is 32.2 Å². The zero-order chi connectivity index (χ0) is 14.1. The quantitative estimate of drug-likeness (QED) is 0.904. The Bertz CT molecular complexity index is 506. The highest BCUT2D eigenvalue weighted by Crippen LogP contribution is 2.29. The number of nitrogens with zero attached hydrogens (tertiary/aromatic N) is 2. The highest BCUT2D eigenvalue weighted by Gasteiger charge is 2.32. The van der Waals surface area contributed by atoms with Crippen molar-refractivity contribution in [1.29, 1.82) is 0 Å². The molecule has 1 saturated carbocycles. The van der Waals surface area contributed by atoms with E-state index in [0.29, 0.717) is 11.3 Å². The van der Waals surface area contributed by atoms with Gasteiger partial charge in [0.1, 0.15) is 0 Å². The molecule has 0 spiro atoms. The zero-order valence-electron chi connectivity index (χ0n) is 11.7. The fourth-order valence-corrected chi connectivity index (χ4v) is 2.74. The van der Waals surface area contributed by atoms with Gasteiger partial charge in [0.05, 0.1) is 7.11 Å². The van der Waals surface area contributed by atoms with E-state index in [1.165, 1.54) is 26.0 Å². The third-order valence-electron chi connectivity index (χ3n) is 4.09. The number of ether oxygens (including phenoxy) is 1. The van der Waals surface area contributed by atoms with Gasteiger partial charge in [0, 0.05) is 37.8 Å². The van der Waals surface area contributed by atoms with Crippen molar-refractivity contribution in [1.82, 2.24) is 9.80 Å². The minimum atomic E-state index is -0.0154. The van der Waals surface area contributed by atoms with E-state index < -0.39 is 0 Å². The number of methoxy groups -OCH3 is 1. The van der Waals surface area contributed by atoms with E-state index in [9.17, 15) is 9.90 Å². The first-order chi connectivity index (χ1) is 9.69. The van der Waals surface area contributed by atoms with Crippen LogP contribution in [0.1, 0.15) is 23.2 Å². The van der Waals surface area contributed by atoms with E-state index in [-0.39, 0.29) is 11.7 Å². The molecule has 3 rings (SSSR count). The second-order valence-corrected chi connectivity index (χ2v) is 5.45. The number of amides is 1. The molecule has 5 nitrogen and oxygen atoms in total. The summed E-state index contributed by atoms with van der Waals surface area (Å²) in [5.74, 6) is 0.383. The van der Waals surface area contributed by atoms with Crippen molar-refractivity contribution in [3.8, 4) is 11.5 Å². The molecule has 108 valence electrons. The molecule has 20 heavy (non-hydrogen) atoms. The van der Waals surface area contributed by atoms with Gasteiger partial charge in [-0.25, -0.2) is 0 Å². The molecular formula is C15H20N2O3. The molecule has 1 amide bonds. The van der Waals surface area contributed by atoms with Crippen LogP contribution in [0.3, 0.4) is 0 Å². The smallest absolute Gasteiger partial charge is 0.254 e. The molecular weight excluding hydrogens is 256 g/mol. The highest BCUT2D eigenvalue weighted by atomic mass is 16.5. The number of phenols is 1. The Morgan fingerprint density at radius 3 is 2.50 bits per heavy atom. The largest absolute Gasteiger partial charge is 0.504 e. The summed E-state index contributed by atoms with van der Waals surface area (Å²) in [7, 11) is 1.49. The maximum absolute atomic E-state index is 12.4. The number of hydrogen-bond acceptors (Lipinski definition) is 4. The number of aromatic hydroxyl groups is 1. The lowest BCUT2D eigenvalue weighted by Gasteiger charge is -2.34. The molecule has 0 aromatic heterocycles. The lowest BCUT2D eigenvalue weighted by Crippen LogP contribution is -2.49. The van der Waals surface area contributed by atoms with Gasteiger partial charge in [0.2, 0.25) is 0 Å². The molecule has 1 N–H and O–H groups in total. The molecule has 0 bridgehead atoms. The molecule has 1 aliphatic carbocycles. The Labute approximate surface area is 118 Å². The van der Waals surface area contributed by atoms with Gasteiger partial charge < -0.3 is 14.7 Å². The van der Waals surface area contributed by atoms with Crippen molar-refractivity contribution in [3.63, 3.8) is 0 Å². The Kier molecular flexibility index (Phi) is 3.53. The average Bonchev–Trinajstić information content (AvgIpc) is 3.31. The van der Waals surface area contributed by atoms with Crippen LogP contribution in [0, 0.1) is 0 Å². The van der Waals surface area contributed by atoms with Crippen LogP contribution in [0.4, 0.5) is 0 Å². The maximum atomic E-state index is 12.4. The van der Waals surface area contributed by atoms with E-state index in [4.69, 9.17) is 4.74 Å². The van der Waals surface area contributed by atoms with Crippen LogP contribution in [0.15, 0.2) is 18.2 Å².